The zero-order valence-corrected chi connectivity index (χ0v) is 11.4. The molecule has 3 rings (SSSR count). The van der Waals surface area contributed by atoms with E-state index in [9.17, 15) is 4.79 Å². The smallest absolute Gasteiger partial charge is 0.185 e. The summed E-state index contributed by atoms with van der Waals surface area (Å²) >= 11 is 12.0. The zero-order chi connectivity index (χ0) is 13.4. The third kappa shape index (κ3) is 2.20. The van der Waals surface area contributed by atoms with Crippen molar-refractivity contribution in [1.29, 1.82) is 0 Å². The molecule has 0 aromatic heterocycles. The van der Waals surface area contributed by atoms with Crippen molar-refractivity contribution in [3.8, 4) is 0 Å². The maximum Gasteiger partial charge on any atom is 0.185 e. The van der Waals surface area contributed by atoms with E-state index in [0.717, 1.165) is 16.7 Å². The Labute approximate surface area is 121 Å². The van der Waals surface area contributed by atoms with Crippen LogP contribution in [0.4, 0.5) is 0 Å². The summed E-state index contributed by atoms with van der Waals surface area (Å²) in [6.07, 6.45) is 3.53. The fraction of sp³-hybridized carbons (Fsp3) is 0.0625. The van der Waals surface area contributed by atoms with Crippen molar-refractivity contribution in [3.63, 3.8) is 0 Å². The molecule has 94 valence electrons. The van der Waals surface area contributed by atoms with E-state index in [2.05, 4.69) is 0 Å². The zero-order valence-electron chi connectivity index (χ0n) is 9.94. The van der Waals surface area contributed by atoms with Crippen molar-refractivity contribution in [2.24, 2.45) is 0 Å². The Balaban J connectivity index is 2.13. The van der Waals surface area contributed by atoms with Crippen molar-refractivity contribution in [1.82, 2.24) is 0 Å². The molecule has 0 radical (unpaired) electrons. The Morgan fingerprint density at radius 3 is 2.53 bits per heavy atom. The van der Waals surface area contributed by atoms with Crippen molar-refractivity contribution in [2.45, 2.75) is 5.92 Å². The number of benzene rings is 2. The molecule has 1 aliphatic carbocycles. The van der Waals surface area contributed by atoms with E-state index in [0.29, 0.717) is 10.0 Å². The van der Waals surface area contributed by atoms with Gasteiger partial charge in [0.1, 0.15) is 0 Å². The first-order valence-corrected chi connectivity index (χ1v) is 6.69. The average Bonchev–Trinajstić information content (AvgIpc) is 2.43. The molecule has 0 N–H and O–H groups in total. The van der Waals surface area contributed by atoms with E-state index in [1.165, 1.54) is 0 Å². The largest absolute Gasteiger partial charge is 0.289 e. The summed E-state index contributed by atoms with van der Waals surface area (Å²) in [5, 5.41) is 1.07. The number of allylic oxidation sites excluding steroid dienone is 2. The summed E-state index contributed by atoms with van der Waals surface area (Å²) in [6.45, 7) is 0. The van der Waals surface area contributed by atoms with E-state index in [1.807, 2.05) is 42.5 Å². The third-order valence-corrected chi connectivity index (χ3v) is 4.04. The van der Waals surface area contributed by atoms with Crippen LogP contribution in [-0.2, 0) is 0 Å². The van der Waals surface area contributed by atoms with Crippen LogP contribution in [0.15, 0.2) is 54.6 Å². The van der Waals surface area contributed by atoms with Gasteiger partial charge in [-0.2, -0.15) is 0 Å². The second kappa shape index (κ2) is 4.84. The number of hydrogen-bond acceptors (Lipinski definition) is 1. The molecule has 0 heterocycles. The molecule has 0 fully saturated rings. The lowest BCUT2D eigenvalue weighted by Gasteiger charge is -2.20. The Bertz CT molecular complexity index is 689. The van der Waals surface area contributed by atoms with Crippen LogP contribution in [0.1, 0.15) is 27.4 Å². The van der Waals surface area contributed by atoms with Gasteiger partial charge in [-0.1, -0.05) is 59.6 Å². The molecule has 1 nitrogen and oxygen atoms in total. The Morgan fingerprint density at radius 2 is 1.74 bits per heavy atom. The van der Waals surface area contributed by atoms with Crippen LogP contribution in [0.25, 0.3) is 0 Å². The van der Waals surface area contributed by atoms with Gasteiger partial charge in [0.05, 0.1) is 10.0 Å². The minimum absolute atomic E-state index is 0.0451. The van der Waals surface area contributed by atoms with Gasteiger partial charge in [0, 0.05) is 11.5 Å². The normalized spacial score (nSPS) is 17.4. The average molecular weight is 289 g/mol. The maximum atomic E-state index is 11.8. The third-order valence-electron chi connectivity index (χ3n) is 3.30. The van der Waals surface area contributed by atoms with Gasteiger partial charge in [-0.25, -0.2) is 0 Å². The predicted molar refractivity (Wildman–Crippen MR) is 78.2 cm³/mol. The lowest BCUT2D eigenvalue weighted by molar-refractivity contribution is 0.104. The SMILES string of the molecule is O=C1C=CC(c2ccc(Cl)c(Cl)c2)c2ccccc21. The highest BCUT2D eigenvalue weighted by atomic mass is 35.5. The number of fused-ring (bicyclic) bond motifs is 1. The van der Waals surface area contributed by atoms with Crippen LogP contribution in [0.3, 0.4) is 0 Å². The number of carbonyl (C=O) groups is 1. The molecule has 0 amide bonds. The molecule has 0 spiro atoms. The fourth-order valence-electron chi connectivity index (χ4n) is 2.37. The second-order valence-corrected chi connectivity index (χ2v) is 5.28. The summed E-state index contributed by atoms with van der Waals surface area (Å²) in [5.74, 6) is 0.0931. The number of hydrogen-bond donors (Lipinski definition) is 0. The maximum absolute atomic E-state index is 11.8. The molecule has 3 heteroatoms. The minimum atomic E-state index is 0.0451. The summed E-state index contributed by atoms with van der Waals surface area (Å²) in [7, 11) is 0. The molecule has 1 aliphatic rings. The highest BCUT2D eigenvalue weighted by molar-refractivity contribution is 6.42. The molecule has 0 bridgehead atoms. The number of ketones is 1. The minimum Gasteiger partial charge on any atom is -0.289 e. The summed E-state index contributed by atoms with van der Waals surface area (Å²) in [6, 6.07) is 13.2. The van der Waals surface area contributed by atoms with Crippen LogP contribution < -0.4 is 0 Å². The van der Waals surface area contributed by atoms with E-state index in [-0.39, 0.29) is 11.7 Å². The van der Waals surface area contributed by atoms with Gasteiger partial charge in [0.15, 0.2) is 5.78 Å². The molecular formula is C16H10Cl2O. The molecular weight excluding hydrogens is 279 g/mol. The van der Waals surface area contributed by atoms with Gasteiger partial charge in [-0.05, 0) is 29.3 Å². The molecule has 0 saturated heterocycles. The molecule has 1 unspecified atom stereocenters. The summed E-state index contributed by atoms with van der Waals surface area (Å²) < 4.78 is 0. The van der Waals surface area contributed by atoms with Gasteiger partial charge < -0.3 is 0 Å². The second-order valence-electron chi connectivity index (χ2n) is 4.46. The van der Waals surface area contributed by atoms with Crippen molar-refractivity contribution >= 4 is 29.0 Å². The Hall–Kier alpha value is -1.57. The van der Waals surface area contributed by atoms with Crippen molar-refractivity contribution in [2.75, 3.05) is 0 Å². The quantitative estimate of drug-likeness (QED) is 0.731. The van der Waals surface area contributed by atoms with Gasteiger partial charge in [-0.15, -0.1) is 0 Å². The van der Waals surface area contributed by atoms with E-state index in [1.54, 1.807) is 12.1 Å². The Morgan fingerprint density at radius 1 is 0.947 bits per heavy atom. The molecule has 0 aliphatic heterocycles. The van der Waals surface area contributed by atoms with Gasteiger partial charge in [-0.3, -0.25) is 4.79 Å². The van der Waals surface area contributed by atoms with Gasteiger partial charge in [0.25, 0.3) is 0 Å². The van der Waals surface area contributed by atoms with Gasteiger partial charge >= 0.3 is 0 Å². The van der Waals surface area contributed by atoms with Crippen LogP contribution in [0.2, 0.25) is 10.0 Å². The molecule has 2 aromatic rings. The predicted octanol–water partition coefficient (Wildman–Crippen LogP) is 4.88. The fourth-order valence-corrected chi connectivity index (χ4v) is 2.67. The monoisotopic (exact) mass is 288 g/mol. The molecule has 0 saturated carbocycles. The van der Waals surface area contributed by atoms with E-state index in [4.69, 9.17) is 23.2 Å². The topological polar surface area (TPSA) is 17.1 Å². The van der Waals surface area contributed by atoms with Crippen LogP contribution in [-0.4, -0.2) is 5.78 Å². The lowest BCUT2D eigenvalue weighted by Crippen LogP contribution is -2.11. The van der Waals surface area contributed by atoms with E-state index >= 15 is 0 Å². The van der Waals surface area contributed by atoms with E-state index < -0.39 is 0 Å². The summed E-state index contributed by atoms with van der Waals surface area (Å²) in [4.78, 5) is 11.8. The molecule has 2 aromatic carbocycles. The van der Waals surface area contributed by atoms with Crippen LogP contribution in [0, 0.1) is 0 Å². The molecule has 19 heavy (non-hydrogen) atoms. The standard InChI is InChI=1S/C16H10Cl2O/c17-14-7-5-10(9-15(14)18)11-6-8-16(19)13-4-2-1-3-12(11)13/h1-9,11H. The number of rotatable bonds is 1. The Kier molecular flexibility index (Phi) is 3.17. The highest BCUT2D eigenvalue weighted by Gasteiger charge is 2.22. The summed E-state index contributed by atoms with van der Waals surface area (Å²) in [5.41, 5.74) is 2.79. The van der Waals surface area contributed by atoms with Gasteiger partial charge in [0.2, 0.25) is 0 Å². The van der Waals surface area contributed by atoms with Crippen molar-refractivity contribution < 1.29 is 4.79 Å². The van der Waals surface area contributed by atoms with Crippen LogP contribution in [0.5, 0.6) is 0 Å². The number of carbonyl (C=O) groups excluding carboxylic acids is 1. The van der Waals surface area contributed by atoms with Crippen molar-refractivity contribution in [3.05, 3.63) is 81.4 Å². The van der Waals surface area contributed by atoms with Crippen LogP contribution >= 0.6 is 23.2 Å². The first kappa shape index (κ1) is 12.5. The molecule has 1 atom stereocenters. The first-order chi connectivity index (χ1) is 9.16. The number of halogens is 2. The lowest BCUT2D eigenvalue weighted by atomic mass is 9.83. The highest BCUT2D eigenvalue weighted by Crippen LogP contribution is 2.35. The first-order valence-electron chi connectivity index (χ1n) is 5.93.